The molecule has 0 fully saturated rings. The number of hydrogen-bond acceptors (Lipinski definition) is 3. The van der Waals surface area contributed by atoms with Crippen LogP contribution < -0.4 is 15.2 Å². The van der Waals surface area contributed by atoms with Gasteiger partial charge < -0.3 is 5.73 Å². The van der Waals surface area contributed by atoms with Gasteiger partial charge in [0.1, 0.15) is 0 Å². The maximum absolute atomic E-state index is 10.5. The normalized spacial score (nSPS) is 18.5. The van der Waals surface area contributed by atoms with Crippen molar-refractivity contribution < 1.29 is 4.79 Å². The molecule has 1 aromatic carbocycles. The van der Waals surface area contributed by atoms with Crippen molar-refractivity contribution in [3.05, 3.63) is 35.4 Å². The van der Waals surface area contributed by atoms with Crippen LogP contribution in [-0.4, -0.2) is 6.03 Å². The zero-order valence-electron chi connectivity index (χ0n) is 8.19. The first-order valence-electron chi connectivity index (χ1n) is 4.82. The Kier molecular flexibility index (Phi) is 3.13. The minimum atomic E-state index is -0.529. The van der Waals surface area contributed by atoms with Gasteiger partial charge in [-0.25, -0.2) is 9.52 Å². The number of nitrogens with one attached hydrogen (secondary N) is 2. The molecule has 0 aromatic heterocycles. The van der Waals surface area contributed by atoms with Gasteiger partial charge in [-0.1, -0.05) is 24.3 Å². The van der Waals surface area contributed by atoms with E-state index in [0.717, 1.165) is 25.0 Å². The van der Waals surface area contributed by atoms with E-state index in [9.17, 15) is 4.79 Å². The smallest absolute Gasteiger partial charge is 0.323 e. The zero-order chi connectivity index (χ0) is 10.7. The molecule has 4 N–H and O–H groups in total. The van der Waals surface area contributed by atoms with Crippen LogP contribution in [0.2, 0.25) is 0 Å². The Morgan fingerprint density at radius 2 is 2.27 bits per heavy atom. The van der Waals surface area contributed by atoms with Crippen LogP contribution >= 0.6 is 12.1 Å². The van der Waals surface area contributed by atoms with Gasteiger partial charge in [0.05, 0.1) is 0 Å². The molecule has 0 spiro atoms. The lowest BCUT2D eigenvalue weighted by Crippen LogP contribution is -2.27. The van der Waals surface area contributed by atoms with Crippen LogP contribution in [-0.2, 0) is 6.42 Å². The predicted octanol–water partition coefficient (Wildman–Crippen LogP) is 1.49. The fraction of sp³-hybridized carbons (Fsp3) is 0.300. The van der Waals surface area contributed by atoms with E-state index in [0.29, 0.717) is 6.04 Å². The summed E-state index contributed by atoms with van der Waals surface area (Å²) >= 11 is 1.15. The van der Waals surface area contributed by atoms with Gasteiger partial charge in [0, 0.05) is 18.2 Å². The van der Waals surface area contributed by atoms with Gasteiger partial charge in [-0.2, -0.15) is 0 Å². The van der Waals surface area contributed by atoms with Crippen molar-refractivity contribution in [2.24, 2.45) is 5.73 Å². The van der Waals surface area contributed by atoms with Gasteiger partial charge in [0.25, 0.3) is 0 Å². The fourth-order valence-electron chi connectivity index (χ4n) is 1.83. The van der Waals surface area contributed by atoms with Crippen LogP contribution in [0.5, 0.6) is 0 Å². The first-order valence-corrected chi connectivity index (χ1v) is 5.63. The van der Waals surface area contributed by atoms with E-state index in [1.54, 1.807) is 0 Å². The lowest BCUT2D eigenvalue weighted by Gasteiger charge is -2.12. The number of carbonyl (C=O) groups is 1. The summed E-state index contributed by atoms with van der Waals surface area (Å²) < 4.78 is 5.62. The third-order valence-corrected chi connectivity index (χ3v) is 3.19. The van der Waals surface area contributed by atoms with Crippen molar-refractivity contribution in [1.82, 2.24) is 9.44 Å². The van der Waals surface area contributed by atoms with E-state index in [1.165, 1.54) is 11.1 Å². The van der Waals surface area contributed by atoms with E-state index in [-0.39, 0.29) is 0 Å². The summed E-state index contributed by atoms with van der Waals surface area (Å²) in [6.45, 7) is 0. The number of rotatable bonds is 3. The standard InChI is InChI=1S/C10H13N3OS/c11-10(14)13-15-12-9-6-5-7-3-1-2-4-8(7)9/h1-4,9,12H,5-6H2,(H3,11,13,14). The Morgan fingerprint density at radius 3 is 3.07 bits per heavy atom. The summed E-state index contributed by atoms with van der Waals surface area (Å²) in [5.41, 5.74) is 7.66. The predicted molar refractivity (Wildman–Crippen MR) is 60.9 cm³/mol. The van der Waals surface area contributed by atoms with Gasteiger partial charge in [-0.15, -0.1) is 0 Å². The minimum absolute atomic E-state index is 0.304. The lowest BCUT2D eigenvalue weighted by atomic mass is 10.1. The van der Waals surface area contributed by atoms with Crippen molar-refractivity contribution in [2.45, 2.75) is 18.9 Å². The van der Waals surface area contributed by atoms with Gasteiger partial charge in [0.15, 0.2) is 0 Å². The van der Waals surface area contributed by atoms with Gasteiger partial charge in [-0.3, -0.25) is 4.72 Å². The number of primary amides is 1. The Hall–Kier alpha value is -1.20. The molecule has 2 rings (SSSR count). The number of aryl methyl sites for hydroxylation is 1. The molecule has 80 valence electrons. The molecular formula is C10H13N3OS. The minimum Gasteiger partial charge on any atom is -0.351 e. The van der Waals surface area contributed by atoms with E-state index < -0.39 is 6.03 Å². The van der Waals surface area contributed by atoms with Crippen molar-refractivity contribution in [3.63, 3.8) is 0 Å². The second-order valence-corrected chi connectivity index (χ2v) is 4.12. The van der Waals surface area contributed by atoms with Gasteiger partial charge in [0.2, 0.25) is 0 Å². The molecule has 0 saturated carbocycles. The largest absolute Gasteiger partial charge is 0.351 e. The summed E-state index contributed by atoms with van der Waals surface area (Å²) in [5.74, 6) is 0. The van der Waals surface area contributed by atoms with E-state index in [4.69, 9.17) is 5.73 Å². The molecule has 5 heteroatoms. The fourth-order valence-corrected chi connectivity index (χ4v) is 2.38. The molecule has 1 aliphatic rings. The van der Waals surface area contributed by atoms with Gasteiger partial charge >= 0.3 is 6.03 Å². The second kappa shape index (κ2) is 4.55. The van der Waals surface area contributed by atoms with Crippen molar-refractivity contribution in [2.75, 3.05) is 0 Å². The molecule has 0 aliphatic heterocycles. The summed E-state index contributed by atoms with van der Waals surface area (Å²) in [7, 11) is 0. The Labute approximate surface area is 92.9 Å². The molecule has 0 saturated heterocycles. The number of carbonyl (C=O) groups excluding carboxylic acids is 1. The summed E-state index contributed by atoms with van der Waals surface area (Å²) in [4.78, 5) is 10.5. The van der Waals surface area contributed by atoms with Crippen LogP contribution in [0.3, 0.4) is 0 Å². The maximum Gasteiger partial charge on any atom is 0.323 e. The molecule has 1 aromatic rings. The monoisotopic (exact) mass is 223 g/mol. The SMILES string of the molecule is NC(=O)NSNC1CCc2ccccc21. The molecule has 2 amide bonds. The zero-order valence-corrected chi connectivity index (χ0v) is 9.01. The molecule has 1 atom stereocenters. The summed E-state index contributed by atoms with van der Waals surface area (Å²) in [5, 5.41) is 0. The molecule has 15 heavy (non-hydrogen) atoms. The van der Waals surface area contributed by atoms with Crippen molar-refractivity contribution in [1.29, 1.82) is 0 Å². The van der Waals surface area contributed by atoms with E-state index in [1.807, 2.05) is 6.07 Å². The second-order valence-electron chi connectivity index (χ2n) is 3.48. The van der Waals surface area contributed by atoms with Crippen LogP contribution in [0.25, 0.3) is 0 Å². The van der Waals surface area contributed by atoms with Crippen LogP contribution in [0, 0.1) is 0 Å². The topological polar surface area (TPSA) is 67.2 Å². The highest BCUT2D eigenvalue weighted by Crippen LogP contribution is 2.31. The molecular weight excluding hydrogens is 210 g/mol. The highest BCUT2D eigenvalue weighted by atomic mass is 32.2. The summed E-state index contributed by atoms with van der Waals surface area (Å²) in [6.07, 6.45) is 2.15. The number of fused-ring (bicyclic) bond motifs is 1. The number of urea groups is 1. The molecule has 4 nitrogen and oxygen atoms in total. The number of nitrogens with two attached hydrogens (primary N) is 1. The highest BCUT2D eigenvalue weighted by molar-refractivity contribution is 7.96. The van der Waals surface area contributed by atoms with E-state index >= 15 is 0 Å². The Balaban J connectivity index is 1.93. The molecule has 0 radical (unpaired) electrons. The van der Waals surface area contributed by atoms with Crippen molar-refractivity contribution in [3.8, 4) is 0 Å². The van der Waals surface area contributed by atoms with Crippen LogP contribution in [0.15, 0.2) is 24.3 Å². The first kappa shape index (κ1) is 10.3. The van der Waals surface area contributed by atoms with Crippen LogP contribution in [0.4, 0.5) is 4.79 Å². The summed E-state index contributed by atoms with van der Waals surface area (Å²) in [6, 6.07) is 8.12. The third kappa shape index (κ3) is 2.43. The van der Waals surface area contributed by atoms with Crippen LogP contribution in [0.1, 0.15) is 23.6 Å². The maximum atomic E-state index is 10.5. The lowest BCUT2D eigenvalue weighted by molar-refractivity contribution is 0.254. The van der Waals surface area contributed by atoms with Crippen molar-refractivity contribution >= 4 is 18.2 Å². The molecule has 1 aliphatic carbocycles. The average Bonchev–Trinajstić information content (AvgIpc) is 2.62. The quantitative estimate of drug-likeness (QED) is 0.680. The molecule has 1 unspecified atom stereocenters. The third-order valence-electron chi connectivity index (χ3n) is 2.49. The number of hydrogen-bond donors (Lipinski definition) is 3. The highest BCUT2D eigenvalue weighted by Gasteiger charge is 2.21. The molecule has 0 heterocycles. The average molecular weight is 223 g/mol. The Bertz CT molecular complexity index is 369. The molecule has 0 bridgehead atoms. The number of benzene rings is 1. The Morgan fingerprint density at radius 1 is 1.47 bits per heavy atom. The first-order chi connectivity index (χ1) is 7.27. The van der Waals surface area contributed by atoms with E-state index in [2.05, 4.69) is 27.6 Å². The van der Waals surface area contributed by atoms with Gasteiger partial charge in [-0.05, 0) is 24.0 Å². The number of amides is 2.